The molecule has 1 heterocycles. The first kappa shape index (κ1) is 14.6. The van der Waals surface area contributed by atoms with Gasteiger partial charge in [0.15, 0.2) is 0 Å². The summed E-state index contributed by atoms with van der Waals surface area (Å²) in [5, 5.41) is 3.44. The number of nitrogens with zero attached hydrogens (tertiary/aromatic N) is 1. The summed E-state index contributed by atoms with van der Waals surface area (Å²) >= 11 is 0. The zero-order chi connectivity index (χ0) is 14.4. The van der Waals surface area contributed by atoms with Gasteiger partial charge in [0.1, 0.15) is 0 Å². The van der Waals surface area contributed by atoms with Gasteiger partial charge < -0.3 is 10.2 Å². The van der Waals surface area contributed by atoms with Crippen molar-refractivity contribution in [1.82, 2.24) is 5.32 Å². The number of terminal acetylenes is 1. The third kappa shape index (κ3) is 3.61. The van der Waals surface area contributed by atoms with Crippen LogP contribution in [-0.2, 0) is 11.3 Å². The second-order valence-corrected chi connectivity index (χ2v) is 5.33. The molecule has 1 N–H and O–H groups in total. The molecule has 0 fully saturated rings. The molecule has 0 aromatic heterocycles. The van der Waals surface area contributed by atoms with Gasteiger partial charge in [0.05, 0.1) is 0 Å². The maximum absolute atomic E-state index is 12.5. The molecule has 1 aliphatic heterocycles. The number of carbonyl (C=O) groups is 1. The minimum atomic E-state index is 0.199. The Bertz CT molecular complexity index is 504. The molecule has 2 rings (SSSR count). The van der Waals surface area contributed by atoms with Crippen molar-refractivity contribution in [3.63, 3.8) is 0 Å². The van der Waals surface area contributed by atoms with Crippen LogP contribution >= 0.6 is 0 Å². The van der Waals surface area contributed by atoms with Crippen molar-refractivity contribution in [2.75, 3.05) is 11.4 Å². The zero-order valence-electron chi connectivity index (χ0n) is 12.1. The Hall–Kier alpha value is -1.79. The molecular formula is C17H22N2O. The molecule has 1 aliphatic rings. The van der Waals surface area contributed by atoms with Crippen LogP contribution in [0.2, 0.25) is 0 Å². The van der Waals surface area contributed by atoms with Gasteiger partial charge in [-0.3, -0.25) is 4.79 Å². The quantitative estimate of drug-likeness (QED) is 0.674. The van der Waals surface area contributed by atoms with Crippen LogP contribution in [0, 0.1) is 12.3 Å². The van der Waals surface area contributed by atoms with Crippen LogP contribution < -0.4 is 10.2 Å². The number of benzene rings is 1. The Morgan fingerprint density at radius 2 is 2.25 bits per heavy atom. The van der Waals surface area contributed by atoms with Gasteiger partial charge in [-0.05, 0) is 31.4 Å². The second-order valence-electron chi connectivity index (χ2n) is 5.33. The van der Waals surface area contributed by atoms with E-state index in [1.54, 1.807) is 0 Å². The van der Waals surface area contributed by atoms with E-state index in [9.17, 15) is 4.79 Å². The average Bonchev–Trinajstić information content (AvgIpc) is 2.63. The smallest absolute Gasteiger partial charge is 0.227 e. The zero-order valence-corrected chi connectivity index (χ0v) is 12.1. The maximum atomic E-state index is 12.5. The highest BCUT2D eigenvalue weighted by atomic mass is 16.2. The highest BCUT2D eigenvalue weighted by Crippen LogP contribution is 2.24. The lowest BCUT2D eigenvalue weighted by Gasteiger charge is -2.24. The molecule has 0 radical (unpaired) electrons. The van der Waals surface area contributed by atoms with Gasteiger partial charge in [-0.1, -0.05) is 18.2 Å². The van der Waals surface area contributed by atoms with Crippen molar-refractivity contribution < 1.29 is 4.79 Å². The number of anilines is 1. The summed E-state index contributed by atoms with van der Waals surface area (Å²) < 4.78 is 0. The fraction of sp³-hybridized carbons (Fsp3) is 0.471. The van der Waals surface area contributed by atoms with E-state index in [-0.39, 0.29) is 5.91 Å². The standard InChI is InChI=1S/C17H22N2O/c1-3-4-5-6-11-17(20)19-13-14(2)18-12-15-9-7-8-10-16(15)19/h1,7-10,14,18H,4-6,11-13H2,2H3. The number of amides is 1. The largest absolute Gasteiger partial charge is 0.311 e. The third-order valence-corrected chi connectivity index (χ3v) is 3.64. The Morgan fingerprint density at radius 1 is 1.45 bits per heavy atom. The number of para-hydroxylation sites is 1. The van der Waals surface area contributed by atoms with Gasteiger partial charge in [-0.25, -0.2) is 0 Å². The third-order valence-electron chi connectivity index (χ3n) is 3.64. The first-order valence-corrected chi connectivity index (χ1v) is 7.27. The molecule has 1 aromatic rings. The molecule has 106 valence electrons. The predicted octanol–water partition coefficient (Wildman–Crippen LogP) is 2.70. The van der Waals surface area contributed by atoms with Crippen molar-refractivity contribution in [3.05, 3.63) is 29.8 Å². The summed E-state index contributed by atoms with van der Waals surface area (Å²) in [6.07, 6.45) is 8.35. The van der Waals surface area contributed by atoms with Gasteiger partial charge in [0, 0.05) is 37.7 Å². The van der Waals surface area contributed by atoms with Crippen molar-refractivity contribution in [3.8, 4) is 12.3 Å². The van der Waals surface area contributed by atoms with Crippen LogP contribution in [-0.4, -0.2) is 18.5 Å². The second kappa shape index (κ2) is 7.12. The van der Waals surface area contributed by atoms with Crippen molar-refractivity contribution in [1.29, 1.82) is 0 Å². The van der Waals surface area contributed by atoms with Gasteiger partial charge in [0.2, 0.25) is 5.91 Å². The Balaban J connectivity index is 2.08. The molecule has 0 saturated heterocycles. The fourth-order valence-corrected chi connectivity index (χ4v) is 2.52. The van der Waals surface area contributed by atoms with E-state index in [0.29, 0.717) is 12.5 Å². The summed E-state index contributed by atoms with van der Waals surface area (Å²) in [6.45, 7) is 3.66. The molecule has 0 bridgehead atoms. The van der Waals surface area contributed by atoms with Crippen LogP contribution in [0.4, 0.5) is 5.69 Å². The highest BCUT2D eigenvalue weighted by Gasteiger charge is 2.23. The lowest BCUT2D eigenvalue weighted by Crippen LogP contribution is -2.39. The molecule has 3 nitrogen and oxygen atoms in total. The Morgan fingerprint density at radius 3 is 3.05 bits per heavy atom. The summed E-state index contributed by atoms with van der Waals surface area (Å²) in [5.41, 5.74) is 2.24. The molecule has 1 unspecified atom stereocenters. The normalized spacial score (nSPS) is 18.0. The number of rotatable bonds is 4. The van der Waals surface area contributed by atoms with Crippen LogP contribution in [0.25, 0.3) is 0 Å². The van der Waals surface area contributed by atoms with E-state index in [0.717, 1.165) is 38.0 Å². The number of fused-ring (bicyclic) bond motifs is 1. The number of hydrogen-bond donors (Lipinski definition) is 1. The molecule has 0 saturated carbocycles. The minimum Gasteiger partial charge on any atom is -0.311 e. The lowest BCUT2D eigenvalue weighted by atomic mass is 10.1. The van der Waals surface area contributed by atoms with Crippen LogP contribution in [0.1, 0.15) is 38.2 Å². The highest BCUT2D eigenvalue weighted by molar-refractivity contribution is 5.94. The SMILES string of the molecule is C#CCCCCC(=O)N1CC(C)NCc2ccccc21. The molecule has 0 aliphatic carbocycles. The number of carbonyl (C=O) groups excluding carboxylic acids is 1. The van der Waals surface area contributed by atoms with E-state index < -0.39 is 0 Å². The predicted molar refractivity (Wildman–Crippen MR) is 82.4 cm³/mol. The maximum Gasteiger partial charge on any atom is 0.227 e. The van der Waals surface area contributed by atoms with E-state index in [1.165, 1.54) is 5.56 Å². The van der Waals surface area contributed by atoms with Crippen molar-refractivity contribution >= 4 is 11.6 Å². The number of hydrogen-bond acceptors (Lipinski definition) is 2. The van der Waals surface area contributed by atoms with Gasteiger partial charge >= 0.3 is 0 Å². The summed E-state index contributed by atoms with van der Waals surface area (Å²) in [6, 6.07) is 8.43. The minimum absolute atomic E-state index is 0.199. The van der Waals surface area contributed by atoms with Crippen molar-refractivity contribution in [2.45, 2.75) is 45.2 Å². The first-order chi connectivity index (χ1) is 9.72. The molecule has 1 amide bonds. The summed E-state index contributed by atoms with van der Waals surface area (Å²) in [5.74, 6) is 2.82. The average molecular weight is 270 g/mol. The fourth-order valence-electron chi connectivity index (χ4n) is 2.52. The monoisotopic (exact) mass is 270 g/mol. The topological polar surface area (TPSA) is 32.3 Å². The van der Waals surface area contributed by atoms with Crippen LogP contribution in [0.3, 0.4) is 0 Å². The van der Waals surface area contributed by atoms with Gasteiger partial charge in [-0.15, -0.1) is 12.3 Å². The molecular weight excluding hydrogens is 248 g/mol. The number of nitrogens with one attached hydrogen (secondary N) is 1. The van der Waals surface area contributed by atoms with E-state index in [2.05, 4.69) is 24.2 Å². The molecule has 1 atom stereocenters. The van der Waals surface area contributed by atoms with Crippen molar-refractivity contribution in [2.24, 2.45) is 0 Å². The van der Waals surface area contributed by atoms with E-state index >= 15 is 0 Å². The first-order valence-electron chi connectivity index (χ1n) is 7.27. The van der Waals surface area contributed by atoms with Gasteiger partial charge in [-0.2, -0.15) is 0 Å². The molecule has 3 heteroatoms. The van der Waals surface area contributed by atoms with Crippen LogP contribution in [0.15, 0.2) is 24.3 Å². The lowest BCUT2D eigenvalue weighted by molar-refractivity contribution is -0.118. The van der Waals surface area contributed by atoms with Crippen LogP contribution in [0.5, 0.6) is 0 Å². The Kier molecular flexibility index (Phi) is 5.20. The summed E-state index contributed by atoms with van der Waals surface area (Å²) in [4.78, 5) is 14.4. The molecule has 0 spiro atoms. The molecule has 20 heavy (non-hydrogen) atoms. The van der Waals surface area contributed by atoms with E-state index in [4.69, 9.17) is 6.42 Å². The summed E-state index contributed by atoms with van der Waals surface area (Å²) in [7, 11) is 0. The number of unbranched alkanes of at least 4 members (excludes halogenated alkanes) is 2. The Labute approximate surface area is 121 Å². The molecule has 1 aromatic carbocycles. The van der Waals surface area contributed by atoms with E-state index in [1.807, 2.05) is 23.1 Å². The van der Waals surface area contributed by atoms with Gasteiger partial charge in [0.25, 0.3) is 0 Å².